The van der Waals surface area contributed by atoms with E-state index in [0.717, 1.165) is 0 Å². The van der Waals surface area contributed by atoms with Crippen LogP contribution in [-0.4, -0.2) is 60.5 Å². The first-order valence-electron chi connectivity index (χ1n) is 7.72. The van der Waals surface area contributed by atoms with Crippen molar-refractivity contribution in [3.63, 3.8) is 0 Å². The zero-order valence-corrected chi connectivity index (χ0v) is 14.0. The molecule has 3 rings (SSSR count). The first-order valence-corrected chi connectivity index (χ1v) is 7.72. The van der Waals surface area contributed by atoms with E-state index in [-0.39, 0.29) is 18.8 Å². The van der Waals surface area contributed by atoms with Crippen molar-refractivity contribution in [2.45, 2.75) is 38.7 Å². The number of ether oxygens (including phenoxy) is 3. The zero-order chi connectivity index (χ0) is 18.7. The maximum Gasteiger partial charge on any atom is 0.351 e. The predicted molar refractivity (Wildman–Crippen MR) is 81.9 cm³/mol. The molecule has 0 N–H and O–H groups in total. The number of rotatable bonds is 5. The van der Waals surface area contributed by atoms with Crippen molar-refractivity contribution in [2.75, 3.05) is 6.61 Å². The Kier molecular flexibility index (Phi) is 5.02. The Labute approximate surface area is 146 Å². The van der Waals surface area contributed by atoms with Gasteiger partial charge < -0.3 is 14.2 Å². The van der Waals surface area contributed by atoms with Crippen LogP contribution in [0, 0.1) is 0 Å². The molecule has 26 heavy (non-hydrogen) atoms. The molecule has 0 spiro atoms. The van der Waals surface area contributed by atoms with Crippen molar-refractivity contribution in [3.05, 3.63) is 29.1 Å². The van der Waals surface area contributed by atoms with Crippen molar-refractivity contribution in [2.24, 2.45) is 0 Å². The number of aromatic nitrogens is 6. The van der Waals surface area contributed by atoms with Gasteiger partial charge in [0.25, 0.3) is 0 Å². The third-order valence-corrected chi connectivity index (χ3v) is 3.66. The van der Waals surface area contributed by atoms with Crippen LogP contribution in [0.1, 0.15) is 26.5 Å². The van der Waals surface area contributed by atoms with Gasteiger partial charge in [-0.1, -0.05) is 0 Å². The molecule has 0 bridgehead atoms. The summed E-state index contributed by atoms with van der Waals surface area (Å²) in [5.41, 5.74) is -0.585. The van der Waals surface area contributed by atoms with Gasteiger partial charge in [-0.2, -0.15) is 9.67 Å². The lowest BCUT2D eigenvalue weighted by molar-refractivity contribution is -0.155. The molecule has 0 aromatic carbocycles. The molecule has 2 aromatic rings. The van der Waals surface area contributed by atoms with Gasteiger partial charge in [0, 0.05) is 26.5 Å². The summed E-state index contributed by atoms with van der Waals surface area (Å²) < 4.78 is 18.4. The van der Waals surface area contributed by atoms with E-state index in [4.69, 9.17) is 14.2 Å². The van der Waals surface area contributed by atoms with Crippen LogP contribution in [0.5, 0.6) is 0 Å². The topological polar surface area (TPSA) is 140 Å². The summed E-state index contributed by atoms with van der Waals surface area (Å²) >= 11 is 0. The number of hydrogen-bond donors (Lipinski definition) is 0. The molecule has 1 fully saturated rings. The minimum Gasteiger partial charge on any atom is -0.463 e. The Bertz CT molecular complexity index is 850. The second-order valence-electron chi connectivity index (χ2n) is 5.55. The van der Waals surface area contributed by atoms with Crippen molar-refractivity contribution >= 4 is 11.9 Å². The van der Waals surface area contributed by atoms with Gasteiger partial charge in [-0.15, -0.1) is 5.10 Å². The Morgan fingerprint density at radius 3 is 2.77 bits per heavy atom. The average molecular weight is 366 g/mol. The lowest BCUT2D eigenvalue weighted by Gasteiger charge is -2.17. The Morgan fingerprint density at radius 1 is 1.35 bits per heavy atom. The molecule has 1 saturated heterocycles. The Morgan fingerprint density at radius 2 is 2.15 bits per heavy atom. The van der Waals surface area contributed by atoms with E-state index in [1.807, 2.05) is 0 Å². The summed E-state index contributed by atoms with van der Waals surface area (Å²) in [7, 11) is 0. The molecule has 1 aliphatic heterocycles. The van der Waals surface area contributed by atoms with Crippen LogP contribution in [-0.2, 0) is 23.8 Å². The molecule has 12 nitrogen and oxygen atoms in total. The Balaban J connectivity index is 1.79. The van der Waals surface area contributed by atoms with Crippen molar-refractivity contribution in [1.82, 2.24) is 29.8 Å². The quantitative estimate of drug-likeness (QED) is 0.478. The minimum atomic E-state index is -0.720. The monoisotopic (exact) mass is 366 g/mol. The second kappa shape index (κ2) is 7.39. The second-order valence-corrected chi connectivity index (χ2v) is 5.55. The van der Waals surface area contributed by atoms with E-state index in [1.165, 1.54) is 35.6 Å². The lowest BCUT2D eigenvalue weighted by atomic mass is 10.4. The first kappa shape index (κ1) is 17.7. The van der Waals surface area contributed by atoms with Crippen molar-refractivity contribution in [3.8, 4) is 5.82 Å². The smallest absolute Gasteiger partial charge is 0.351 e. The molecule has 0 aliphatic carbocycles. The van der Waals surface area contributed by atoms with Crippen LogP contribution in [0.2, 0.25) is 0 Å². The van der Waals surface area contributed by atoms with Gasteiger partial charge in [0.2, 0.25) is 0 Å². The minimum absolute atomic E-state index is 0.0886. The molecule has 12 heteroatoms. The summed E-state index contributed by atoms with van der Waals surface area (Å²) in [4.78, 5) is 38.5. The highest BCUT2D eigenvalue weighted by molar-refractivity contribution is 5.66. The van der Waals surface area contributed by atoms with E-state index < -0.39 is 36.1 Å². The molecule has 0 saturated carbocycles. The van der Waals surface area contributed by atoms with Crippen LogP contribution in [0.15, 0.2) is 23.4 Å². The lowest BCUT2D eigenvalue weighted by Crippen LogP contribution is -2.31. The van der Waals surface area contributed by atoms with Gasteiger partial charge in [0.05, 0.1) is 0 Å². The fourth-order valence-corrected chi connectivity index (χ4v) is 2.57. The maximum atomic E-state index is 12.3. The van der Waals surface area contributed by atoms with E-state index >= 15 is 0 Å². The van der Waals surface area contributed by atoms with E-state index in [1.54, 1.807) is 6.07 Å². The van der Waals surface area contributed by atoms with Gasteiger partial charge >= 0.3 is 17.6 Å². The van der Waals surface area contributed by atoms with E-state index in [9.17, 15) is 14.4 Å². The van der Waals surface area contributed by atoms with Gasteiger partial charge in [-0.25, -0.2) is 4.79 Å². The van der Waals surface area contributed by atoms with Gasteiger partial charge in [0.1, 0.15) is 31.4 Å². The third kappa shape index (κ3) is 3.91. The fraction of sp³-hybridized carbons (Fsp3) is 0.500. The number of esters is 2. The number of nitrogens with zero attached hydrogens (tertiary/aromatic N) is 6. The van der Waals surface area contributed by atoms with Gasteiger partial charge in [-0.05, 0) is 16.5 Å². The average Bonchev–Trinajstić information content (AvgIpc) is 3.22. The molecule has 0 radical (unpaired) electrons. The van der Waals surface area contributed by atoms with Gasteiger partial charge in [-0.3, -0.25) is 14.2 Å². The molecular formula is C14H16N6O6. The molecular weight excluding hydrogens is 350 g/mol. The van der Waals surface area contributed by atoms with Crippen molar-refractivity contribution in [1.29, 1.82) is 0 Å². The summed E-state index contributed by atoms with van der Waals surface area (Å²) in [5.74, 6) is -0.725. The van der Waals surface area contributed by atoms with Crippen molar-refractivity contribution < 1.29 is 23.8 Å². The Hall–Kier alpha value is -3.15. The van der Waals surface area contributed by atoms with Crippen LogP contribution >= 0.6 is 0 Å². The third-order valence-electron chi connectivity index (χ3n) is 3.66. The number of carbonyl (C=O) groups is 2. The first-order chi connectivity index (χ1) is 12.4. The molecule has 1 aliphatic rings. The zero-order valence-electron chi connectivity index (χ0n) is 14.0. The summed E-state index contributed by atoms with van der Waals surface area (Å²) in [6.07, 6.45) is 0.960. The summed E-state index contributed by atoms with van der Waals surface area (Å²) in [6, 6.07) is 1.54. The molecule has 138 valence electrons. The maximum absolute atomic E-state index is 12.3. The van der Waals surface area contributed by atoms with Crippen LogP contribution in [0.3, 0.4) is 0 Å². The molecule has 3 atom stereocenters. The number of carbonyl (C=O) groups excluding carboxylic acids is 2. The van der Waals surface area contributed by atoms with E-state index in [2.05, 4.69) is 20.5 Å². The summed E-state index contributed by atoms with van der Waals surface area (Å²) in [5, 5.41) is 10.6. The predicted octanol–water partition coefficient (Wildman–Crippen LogP) is -0.999. The van der Waals surface area contributed by atoms with Crippen LogP contribution in [0.4, 0.5) is 0 Å². The normalized spacial score (nSPS) is 22.2. The summed E-state index contributed by atoms with van der Waals surface area (Å²) in [6.45, 7) is 2.44. The highest BCUT2D eigenvalue weighted by atomic mass is 16.7. The standard InChI is InChI=1S/C14H16N6O6/c1-8(21)24-6-11-10(25-9(2)22)5-13(26-11)19-4-3-12(16-14(19)23)20-7-15-17-18-20/h3-4,7,10-11,13H,5-6H2,1-2H3/t10-,11-,13-/m1/s1/i10+1,11+1. The SMILES string of the molecule is CC(=O)OC[13C@H]1O[C@@H](n2ccc(-n3cnnn3)nc2=O)C[13C@H]1OC(C)=O. The fourth-order valence-electron chi connectivity index (χ4n) is 2.57. The molecule has 2 aromatic heterocycles. The number of tetrazole rings is 1. The number of hydrogen-bond acceptors (Lipinski definition) is 10. The molecule has 0 unspecified atom stereocenters. The van der Waals surface area contributed by atoms with Crippen LogP contribution < -0.4 is 5.69 Å². The molecule has 3 heterocycles. The molecule has 0 amide bonds. The highest BCUT2D eigenvalue weighted by Gasteiger charge is 2.39. The largest absolute Gasteiger partial charge is 0.463 e. The van der Waals surface area contributed by atoms with E-state index in [0.29, 0.717) is 0 Å². The van der Waals surface area contributed by atoms with Crippen LogP contribution in [0.25, 0.3) is 5.82 Å². The van der Waals surface area contributed by atoms with Gasteiger partial charge in [0.15, 0.2) is 5.82 Å². The highest BCUT2D eigenvalue weighted by Crippen LogP contribution is 2.30.